The van der Waals surface area contributed by atoms with Crippen LogP contribution in [-0.2, 0) is 22.7 Å². The Morgan fingerprint density at radius 2 is 1.83 bits per heavy atom. The molecule has 2 aromatic heterocycles. The smallest absolute Gasteiger partial charge is 0.303 e. The number of furan rings is 1. The van der Waals surface area contributed by atoms with Gasteiger partial charge in [0.2, 0.25) is 0 Å². The largest absolute Gasteiger partial charge is 0.461 e. The summed E-state index contributed by atoms with van der Waals surface area (Å²) in [4.78, 5) is 28.2. The molecule has 0 saturated carbocycles. The average molecular weight is 415 g/mol. The van der Waals surface area contributed by atoms with Crippen LogP contribution < -0.4 is 0 Å². The number of carbonyl (C=O) groups is 2. The van der Waals surface area contributed by atoms with Gasteiger partial charge in [-0.2, -0.15) is 0 Å². The second kappa shape index (κ2) is 8.26. The molecule has 2 saturated heterocycles. The van der Waals surface area contributed by atoms with Gasteiger partial charge < -0.3 is 18.6 Å². The summed E-state index contributed by atoms with van der Waals surface area (Å²) in [5, 5.41) is 3.91. The number of hydrogen-bond donors (Lipinski definition) is 0. The van der Waals surface area contributed by atoms with Crippen molar-refractivity contribution in [1.29, 1.82) is 0 Å². The first-order valence-corrected chi connectivity index (χ1v) is 10.5. The Labute approximate surface area is 176 Å². The second-order valence-electron chi connectivity index (χ2n) is 8.60. The van der Waals surface area contributed by atoms with E-state index in [2.05, 4.69) is 10.1 Å². The lowest BCUT2D eigenvalue weighted by Crippen LogP contribution is -2.44. The Bertz CT molecular complexity index is 904. The van der Waals surface area contributed by atoms with Crippen LogP contribution in [0.4, 0.5) is 0 Å². The van der Waals surface area contributed by atoms with E-state index in [9.17, 15) is 9.59 Å². The zero-order valence-electron chi connectivity index (χ0n) is 17.9. The van der Waals surface area contributed by atoms with E-state index in [1.54, 1.807) is 6.92 Å². The molecule has 162 valence electrons. The molecule has 2 aromatic rings. The van der Waals surface area contributed by atoms with Gasteiger partial charge in [-0.15, -0.1) is 0 Å². The zero-order chi connectivity index (χ0) is 21.3. The lowest BCUT2D eigenvalue weighted by Gasteiger charge is -2.39. The van der Waals surface area contributed by atoms with Crippen molar-refractivity contribution in [3.05, 3.63) is 40.7 Å². The second-order valence-corrected chi connectivity index (χ2v) is 8.60. The molecule has 8 heteroatoms. The third-order valence-corrected chi connectivity index (χ3v) is 6.39. The summed E-state index contributed by atoms with van der Waals surface area (Å²) in [5.74, 6) is 1.87. The molecule has 1 amide bonds. The van der Waals surface area contributed by atoms with Gasteiger partial charge in [-0.05, 0) is 57.2 Å². The minimum atomic E-state index is -0.311. The molecular formula is C22H29N3O5. The maximum atomic E-state index is 12.9. The lowest BCUT2D eigenvalue weighted by atomic mass is 9.77. The van der Waals surface area contributed by atoms with Crippen LogP contribution in [0.2, 0.25) is 0 Å². The molecule has 2 fully saturated rings. The molecule has 8 nitrogen and oxygen atoms in total. The van der Waals surface area contributed by atoms with E-state index >= 15 is 0 Å². The predicted molar refractivity (Wildman–Crippen MR) is 108 cm³/mol. The van der Waals surface area contributed by atoms with Crippen LogP contribution in [0.5, 0.6) is 0 Å². The van der Waals surface area contributed by atoms with Crippen LogP contribution >= 0.6 is 0 Å². The minimum absolute atomic E-state index is 0.0341. The molecular weight excluding hydrogens is 386 g/mol. The normalized spacial score (nSPS) is 18.8. The third kappa shape index (κ3) is 4.28. The van der Waals surface area contributed by atoms with Crippen molar-refractivity contribution in [2.45, 2.75) is 53.2 Å². The SMILES string of the molecule is CC(=O)OCc1ccc(CN2CCC3(CCN(C(=O)c4c(C)noc4C)CC3)C2)o1. The summed E-state index contributed by atoms with van der Waals surface area (Å²) in [6.45, 7) is 9.50. The molecule has 0 aliphatic carbocycles. The third-order valence-electron chi connectivity index (χ3n) is 6.39. The molecule has 2 aliphatic heterocycles. The molecule has 2 aliphatic rings. The quantitative estimate of drug-likeness (QED) is 0.693. The lowest BCUT2D eigenvalue weighted by molar-refractivity contribution is -0.142. The van der Waals surface area contributed by atoms with Gasteiger partial charge in [0, 0.05) is 26.6 Å². The van der Waals surface area contributed by atoms with Crippen molar-refractivity contribution >= 4 is 11.9 Å². The van der Waals surface area contributed by atoms with Crippen LogP contribution in [0.25, 0.3) is 0 Å². The zero-order valence-corrected chi connectivity index (χ0v) is 17.9. The summed E-state index contributed by atoms with van der Waals surface area (Å²) in [7, 11) is 0. The van der Waals surface area contributed by atoms with Gasteiger partial charge in [0.15, 0.2) is 0 Å². The summed E-state index contributed by atoms with van der Waals surface area (Å²) >= 11 is 0. The summed E-state index contributed by atoms with van der Waals surface area (Å²) in [6, 6.07) is 3.82. The molecule has 0 aromatic carbocycles. The van der Waals surface area contributed by atoms with Gasteiger partial charge >= 0.3 is 5.97 Å². The Kier molecular flexibility index (Phi) is 5.69. The van der Waals surface area contributed by atoms with Crippen molar-refractivity contribution in [2.75, 3.05) is 26.2 Å². The van der Waals surface area contributed by atoms with Crippen molar-refractivity contribution in [3.63, 3.8) is 0 Å². The van der Waals surface area contributed by atoms with Gasteiger partial charge in [0.1, 0.15) is 29.5 Å². The number of rotatable bonds is 5. The molecule has 4 heterocycles. The number of likely N-dealkylation sites (tertiary alicyclic amines) is 2. The first-order valence-electron chi connectivity index (χ1n) is 10.5. The minimum Gasteiger partial charge on any atom is -0.461 e. The number of aryl methyl sites for hydroxylation is 2. The maximum Gasteiger partial charge on any atom is 0.303 e. The van der Waals surface area contributed by atoms with Crippen LogP contribution in [0.15, 0.2) is 21.1 Å². The Morgan fingerprint density at radius 3 is 2.50 bits per heavy atom. The highest BCUT2D eigenvalue weighted by atomic mass is 16.5. The number of hydrogen-bond acceptors (Lipinski definition) is 7. The highest BCUT2D eigenvalue weighted by molar-refractivity contribution is 5.96. The molecule has 0 N–H and O–H groups in total. The van der Waals surface area contributed by atoms with E-state index in [4.69, 9.17) is 13.7 Å². The predicted octanol–water partition coefficient (Wildman–Crippen LogP) is 3.08. The van der Waals surface area contributed by atoms with E-state index in [0.29, 0.717) is 22.8 Å². The van der Waals surface area contributed by atoms with Crippen molar-refractivity contribution in [2.24, 2.45) is 5.41 Å². The van der Waals surface area contributed by atoms with E-state index in [1.807, 2.05) is 24.0 Å². The molecule has 0 radical (unpaired) electrons. The first kappa shape index (κ1) is 20.7. The summed E-state index contributed by atoms with van der Waals surface area (Å²) in [6.07, 6.45) is 3.16. The number of amides is 1. The summed E-state index contributed by atoms with van der Waals surface area (Å²) in [5.41, 5.74) is 1.54. The molecule has 0 unspecified atom stereocenters. The van der Waals surface area contributed by atoms with E-state index in [0.717, 1.165) is 57.7 Å². The maximum absolute atomic E-state index is 12.9. The first-order chi connectivity index (χ1) is 14.3. The fourth-order valence-corrected chi connectivity index (χ4v) is 4.68. The van der Waals surface area contributed by atoms with Gasteiger partial charge in [0.05, 0.1) is 12.2 Å². The standard InChI is InChI=1S/C22H29N3O5/c1-15-20(16(2)30-23-15)21(27)25-10-7-22(8-11-25)6-9-24(14-22)12-18-4-5-19(29-18)13-28-17(3)26/h4-5H,6-14H2,1-3H3. The topological polar surface area (TPSA) is 89.0 Å². The van der Waals surface area contributed by atoms with Crippen LogP contribution in [-0.4, -0.2) is 53.0 Å². The molecule has 1 spiro atoms. The van der Waals surface area contributed by atoms with Gasteiger partial charge in [-0.25, -0.2) is 0 Å². The number of carbonyl (C=O) groups excluding carboxylic acids is 2. The van der Waals surface area contributed by atoms with E-state index in [1.165, 1.54) is 6.92 Å². The Morgan fingerprint density at radius 1 is 1.13 bits per heavy atom. The molecule has 0 atom stereocenters. The Balaban J connectivity index is 1.30. The Hall–Kier alpha value is -2.61. The fraction of sp³-hybridized carbons (Fsp3) is 0.591. The van der Waals surface area contributed by atoms with Gasteiger partial charge in [-0.3, -0.25) is 14.5 Å². The molecule has 0 bridgehead atoms. The number of ether oxygens (including phenoxy) is 1. The molecule has 4 rings (SSSR count). The average Bonchev–Trinajstić information content (AvgIpc) is 3.41. The van der Waals surface area contributed by atoms with Crippen molar-refractivity contribution in [3.8, 4) is 0 Å². The summed E-state index contributed by atoms with van der Waals surface area (Å²) < 4.78 is 15.9. The van der Waals surface area contributed by atoms with E-state index in [-0.39, 0.29) is 23.9 Å². The van der Waals surface area contributed by atoms with Gasteiger partial charge in [0.25, 0.3) is 5.91 Å². The number of nitrogens with zero attached hydrogens (tertiary/aromatic N) is 3. The van der Waals surface area contributed by atoms with E-state index < -0.39 is 0 Å². The highest BCUT2D eigenvalue weighted by Crippen LogP contribution is 2.41. The van der Waals surface area contributed by atoms with Crippen molar-refractivity contribution in [1.82, 2.24) is 15.0 Å². The van der Waals surface area contributed by atoms with Gasteiger partial charge in [-0.1, -0.05) is 5.16 Å². The molecule has 30 heavy (non-hydrogen) atoms. The number of piperidine rings is 1. The monoisotopic (exact) mass is 415 g/mol. The number of aromatic nitrogens is 1. The fourth-order valence-electron chi connectivity index (χ4n) is 4.68. The van der Waals surface area contributed by atoms with Crippen LogP contribution in [0.1, 0.15) is 59.5 Å². The van der Waals surface area contributed by atoms with Crippen molar-refractivity contribution < 1.29 is 23.3 Å². The van der Waals surface area contributed by atoms with Crippen LogP contribution in [0, 0.1) is 19.3 Å². The van der Waals surface area contributed by atoms with Crippen LogP contribution in [0.3, 0.4) is 0 Å². The number of esters is 1. The highest BCUT2D eigenvalue weighted by Gasteiger charge is 2.42.